The van der Waals surface area contributed by atoms with E-state index >= 15 is 0 Å². The van der Waals surface area contributed by atoms with E-state index in [9.17, 15) is 4.79 Å². The molecule has 2 saturated heterocycles. The van der Waals surface area contributed by atoms with E-state index in [2.05, 4.69) is 30.5 Å². The Labute approximate surface area is 133 Å². The molecular weight excluding hydrogens is 282 g/mol. The van der Waals surface area contributed by atoms with Crippen LogP contribution in [-0.4, -0.2) is 47.6 Å². The highest BCUT2D eigenvalue weighted by molar-refractivity contribution is 8.00. The third-order valence-electron chi connectivity index (χ3n) is 5.79. The van der Waals surface area contributed by atoms with Gasteiger partial charge in [0, 0.05) is 42.2 Å². The third-order valence-corrected chi connectivity index (χ3v) is 7.18. The number of rotatable bonds is 2. The summed E-state index contributed by atoms with van der Waals surface area (Å²) in [5.41, 5.74) is -0.228. The Hall–Kier alpha value is -0.220. The molecule has 3 aliphatic rings. The van der Waals surface area contributed by atoms with Gasteiger partial charge in [0.15, 0.2) is 0 Å². The van der Waals surface area contributed by atoms with Gasteiger partial charge in [-0.15, -0.1) is 0 Å². The van der Waals surface area contributed by atoms with Gasteiger partial charge in [-0.2, -0.15) is 11.8 Å². The summed E-state index contributed by atoms with van der Waals surface area (Å²) >= 11 is 2.10. The molecule has 0 N–H and O–H groups in total. The molecule has 120 valence electrons. The molecule has 2 atom stereocenters. The van der Waals surface area contributed by atoms with Crippen LogP contribution in [0.2, 0.25) is 0 Å². The highest BCUT2D eigenvalue weighted by Crippen LogP contribution is 2.41. The topological polar surface area (TPSA) is 29.5 Å². The molecule has 1 saturated carbocycles. The monoisotopic (exact) mass is 311 g/mol. The minimum absolute atomic E-state index is 0.228. The van der Waals surface area contributed by atoms with Crippen LogP contribution in [0, 0.1) is 11.3 Å². The SMILES string of the molecule is CC(C)(C(=O)N1CCSC2CCCCC21)C1CCOCC1. The lowest BCUT2D eigenvalue weighted by Gasteiger charge is -2.48. The molecule has 0 radical (unpaired) electrons. The standard InChI is InChI=1S/C17H29NO2S/c1-17(2,13-7-10-20-11-8-13)16(19)18-9-12-21-15-6-4-3-5-14(15)18/h13-15H,3-12H2,1-2H3. The summed E-state index contributed by atoms with van der Waals surface area (Å²) in [5.74, 6) is 2.01. The van der Waals surface area contributed by atoms with Crippen molar-refractivity contribution < 1.29 is 9.53 Å². The van der Waals surface area contributed by atoms with Crippen molar-refractivity contribution >= 4 is 17.7 Å². The van der Waals surface area contributed by atoms with Crippen LogP contribution in [0.15, 0.2) is 0 Å². The van der Waals surface area contributed by atoms with Crippen LogP contribution < -0.4 is 0 Å². The Kier molecular flexibility index (Phi) is 4.84. The zero-order valence-corrected chi connectivity index (χ0v) is 14.3. The fourth-order valence-electron chi connectivity index (χ4n) is 4.31. The van der Waals surface area contributed by atoms with Crippen LogP contribution in [0.1, 0.15) is 52.4 Å². The lowest BCUT2D eigenvalue weighted by atomic mass is 9.73. The zero-order valence-electron chi connectivity index (χ0n) is 13.5. The summed E-state index contributed by atoms with van der Waals surface area (Å²) in [6, 6.07) is 0.504. The molecule has 0 bridgehead atoms. The quantitative estimate of drug-likeness (QED) is 0.783. The van der Waals surface area contributed by atoms with E-state index in [-0.39, 0.29) is 5.41 Å². The predicted molar refractivity (Wildman–Crippen MR) is 87.5 cm³/mol. The first kappa shape index (κ1) is 15.7. The van der Waals surface area contributed by atoms with Crippen molar-refractivity contribution in [2.24, 2.45) is 11.3 Å². The number of nitrogens with zero attached hydrogens (tertiary/aromatic N) is 1. The van der Waals surface area contributed by atoms with Gasteiger partial charge in [-0.3, -0.25) is 4.79 Å². The summed E-state index contributed by atoms with van der Waals surface area (Å²) in [6.45, 7) is 6.94. The number of ether oxygens (including phenoxy) is 1. The minimum atomic E-state index is -0.228. The molecule has 3 rings (SSSR count). The number of fused-ring (bicyclic) bond motifs is 1. The second-order valence-electron chi connectivity index (χ2n) is 7.37. The molecule has 4 heteroatoms. The maximum atomic E-state index is 13.2. The highest BCUT2D eigenvalue weighted by atomic mass is 32.2. The van der Waals surface area contributed by atoms with E-state index in [4.69, 9.17) is 4.74 Å². The van der Waals surface area contributed by atoms with E-state index in [1.54, 1.807) is 0 Å². The zero-order chi connectivity index (χ0) is 14.9. The van der Waals surface area contributed by atoms with Gasteiger partial charge in [-0.25, -0.2) is 0 Å². The van der Waals surface area contributed by atoms with Crippen LogP contribution in [-0.2, 0) is 9.53 Å². The number of carbonyl (C=O) groups excluding carboxylic acids is 1. The second kappa shape index (κ2) is 6.49. The molecule has 2 heterocycles. The van der Waals surface area contributed by atoms with Gasteiger partial charge in [0.05, 0.1) is 0 Å². The van der Waals surface area contributed by atoms with Crippen molar-refractivity contribution in [3.63, 3.8) is 0 Å². The van der Waals surface area contributed by atoms with Gasteiger partial charge in [0.2, 0.25) is 5.91 Å². The van der Waals surface area contributed by atoms with Crippen LogP contribution >= 0.6 is 11.8 Å². The average Bonchev–Trinajstić information content (AvgIpc) is 2.54. The Balaban J connectivity index is 1.72. The third kappa shape index (κ3) is 3.12. The van der Waals surface area contributed by atoms with Crippen LogP contribution in [0.4, 0.5) is 0 Å². The summed E-state index contributed by atoms with van der Waals surface area (Å²) in [4.78, 5) is 15.5. The molecule has 1 aliphatic carbocycles. The molecule has 2 unspecified atom stereocenters. The number of thioether (sulfide) groups is 1. The van der Waals surface area contributed by atoms with Crippen molar-refractivity contribution in [3.05, 3.63) is 0 Å². The molecule has 21 heavy (non-hydrogen) atoms. The summed E-state index contributed by atoms with van der Waals surface area (Å²) in [6.07, 6.45) is 7.23. The van der Waals surface area contributed by atoms with Crippen LogP contribution in [0.25, 0.3) is 0 Å². The summed E-state index contributed by atoms with van der Waals surface area (Å²) in [5, 5.41) is 0.696. The van der Waals surface area contributed by atoms with E-state index in [0.29, 0.717) is 23.1 Å². The molecule has 1 amide bonds. The van der Waals surface area contributed by atoms with Gasteiger partial charge in [-0.05, 0) is 31.6 Å². The number of hydrogen-bond acceptors (Lipinski definition) is 3. The Morgan fingerprint density at radius 3 is 2.62 bits per heavy atom. The highest BCUT2D eigenvalue weighted by Gasteiger charge is 2.44. The Morgan fingerprint density at radius 1 is 1.14 bits per heavy atom. The second-order valence-corrected chi connectivity index (χ2v) is 8.72. The van der Waals surface area contributed by atoms with Crippen molar-refractivity contribution in [3.8, 4) is 0 Å². The van der Waals surface area contributed by atoms with E-state index in [1.807, 2.05) is 0 Å². The first-order valence-electron chi connectivity index (χ1n) is 8.61. The largest absolute Gasteiger partial charge is 0.381 e. The molecule has 0 aromatic carbocycles. The molecule has 3 nitrogen and oxygen atoms in total. The average molecular weight is 311 g/mol. The molecular formula is C17H29NO2S. The van der Waals surface area contributed by atoms with Gasteiger partial charge in [0.25, 0.3) is 0 Å². The van der Waals surface area contributed by atoms with Gasteiger partial charge in [-0.1, -0.05) is 26.7 Å². The van der Waals surface area contributed by atoms with E-state index in [1.165, 1.54) is 25.7 Å². The van der Waals surface area contributed by atoms with E-state index < -0.39 is 0 Å². The van der Waals surface area contributed by atoms with Gasteiger partial charge < -0.3 is 9.64 Å². The maximum Gasteiger partial charge on any atom is 0.228 e. The van der Waals surface area contributed by atoms with Crippen molar-refractivity contribution in [1.29, 1.82) is 0 Å². The molecule has 0 aromatic heterocycles. The first-order valence-corrected chi connectivity index (χ1v) is 9.66. The maximum absolute atomic E-state index is 13.2. The predicted octanol–water partition coefficient (Wildman–Crippen LogP) is 3.33. The molecule has 3 fully saturated rings. The normalized spacial score (nSPS) is 31.8. The summed E-state index contributed by atoms with van der Waals surface area (Å²) < 4.78 is 5.48. The number of hydrogen-bond donors (Lipinski definition) is 0. The molecule has 0 aromatic rings. The number of amides is 1. The number of carbonyl (C=O) groups is 1. The van der Waals surface area contributed by atoms with E-state index in [0.717, 1.165) is 38.4 Å². The van der Waals surface area contributed by atoms with Gasteiger partial charge >= 0.3 is 0 Å². The smallest absolute Gasteiger partial charge is 0.228 e. The summed E-state index contributed by atoms with van der Waals surface area (Å²) in [7, 11) is 0. The Bertz CT molecular complexity index is 377. The molecule has 2 aliphatic heterocycles. The van der Waals surface area contributed by atoms with Crippen LogP contribution in [0.5, 0.6) is 0 Å². The van der Waals surface area contributed by atoms with Crippen LogP contribution in [0.3, 0.4) is 0 Å². The Morgan fingerprint density at radius 2 is 1.86 bits per heavy atom. The minimum Gasteiger partial charge on any atom is -0.381 e. The molecule has 0 spiro atoms. The van der Waals surface area contributed by atoms with Gasteiger partial charge in [0.1, 0.15) is 0 Å². The lowest BCUT2D eigenvalue weighted by molar-refractivity contribution is -0.148. The van der Waals surface area contributed by atoms with Crippen molar-refractivity contribution in [1.82, 2.24) is 4.90 Å². The van der Waals surface area contributed by atoms with Crippen molar-refractivity contribution in [2.75, 3.05) is 25.5 Å². The van der Waals surface area contributed by atoms with Crippen molar-refractivity contribution in [2.45, 2.75) is 63.7 Å². The fraction of sp³-hybridized carbons (Fsp3) is 0.941. The fourth-order valence-corrected chi connectivity index (χ4v) is 5.76. The lowest BCUT2D eigenvalue weighted by Crippen LogP contribution is -2.56. The first-order chi connectivity index (χ1) is 10.1.